The van der Waals surface area contributed by atoms with Gasteiger partial charge in [0.05, 0.1) is 0 Å². The molecule has 0 bridgehead atoms. The highest BCUT2D eigenvalue weighted by Gasteiger charge is 2.17. The molecule has 0 aliphatic heterocycles. The van der Waals surface area contributed by atoms with Gasteiger partial charge in [-0.15, -0.1) is 0 Å². The Bertz CT molecular complexity index is 1430. The van der Waals surface area contributed by atoms with Crippen LogP contribution in [0.2, 0.25) is 20.9 Å². The molecule has 0 amide bonds. The molecule has 0 atom stereocenters. The number of rotatable bonds is 5. The summed E-state index contributed by atoms with van der Waals surface area (Å²) in [4.78, 5) is 19.0. The van der Waals surface area contributed by atoms with E-state index in [9.17, 15) is 13.0 Å². The summed E-state index contributed by atoms with van der Waals surface area (Å²) < 4.78 is 34.0. The maximum Gasteiger partial charge on any atom is 0.295 e. The third-order valence-electron chi connectivity index (χ3n) is 3.95. The first-order chi connectivity index (χ1) is 15.1. The van der Waals surface area contributed by atoms with Crippen molar-refractivity contribution >= 4 is 90.6 Å². The molecule has 3 N–H and O–H groups in total. The molecule has 2 aromatic heterocycles. The zero-order valence-corrected chi connectivity index (χ0v) is 19.2. The molecule has 0 unspecified atom stereocenters. The number of aromatic nitrogens is 5. The van der Waals surface area contributed by atoms with Crippen LogP contribution in [0.25, 0.3) is 10.8 Å². The van der Waals surface area contributed by atoms with Crippen LogP contribution in [-0.2, 0) is 10.1 Å². The summed E-state index contributed by atoms with van der Waals surface area (Å²) in [6.07, 6.45) is 0. The monoisotopic (exact) mass is 531 g/mol. The number of nitrogens with one attached hydrogen (secondary N) is 2. The summed E-state index contributed by atoms with van der Waals surface area (Å²) in [5.74, 6) is 0.0982. The second-order valence-electron chi connectivity index (χ2n) is 6.17. The molecule has 2 heterocycles. The number of halogens is 4. The average molecular weight is 533 g/mol. The zero-order valence-electron chi connectivity index (χ0n) is 15.4. The summed E-state index contributed by atoms with van der Waals surface area (Å²) in [5, 5.41) is 6.32. The van der Waals surface area contributed by atoms with Crippen LogP contribution in [0.15, 0.2) is 41.3 Å². The lowest BCUT2D eigenvalue weighted by atomic mass is 10.1. The number of anilines is 4. The molecule has 0 aliphatic rings. The van der Waals surface area contributed by atoms with E-state index in [0.29, 0.717) is 11.1 Å². The van der Waals surface area contributed by atoms with Gasteiger partial charge in [-0.25, -0.2) is 9.97 Å². The Balaban J connectivity index is 1.77. The van der Waals surface area contributed by atoms with Crippen LogP contribution in [0.4, 0.5) is 23.3 Å². The standard InChI is InChI=1S/C17H9Cl4N7O3S/c18-12-6-13(19)25-16(24-12)22-8-2-1-7-3-9(5-11(10(7)4-8)32(29,30)31)23-17-27-14(20)26-15(21)28-17/h1-6H,(H,22,24,25)(H,29,30,31)(H,23,26,27,28). The van der Waals surface area contributed by atoms with E-state index in [-0.39, 0.29) is 48.7 Å². The largest absolute Gasteiger partial charge is 0.324 e. The van der Waals surface area contributed by atoms with Gasteiger partial charge in [-0.3, -0.25) is 4.55 Å². The molecule has 32 heavy (non-hydrogen) atoms. The van der Waals surface area contributed by atoms with E-state index in [1.807, 2.05) is 0 Å². The fourth-order valence-corrected chi connectivity index (χ4v) is 4.29. The lowest BCUT2D eigenvalue weighted by molar-refractivity contribution is 0.484. The quantitative estimate of drug-likeness (QED) is 0.233. The summed E-state index contributed by atoms with van der Waals surface area (Å²) in [6.45, 7) is 0. The van der Waals surface area contributed by atoms with Crippen LogP contribution in [-0.4, -0.2) is 37.9 Å². The average Bonchev–Trinajstić information content (AvgIpc) is 2.65. The summed E-state index contributed by atoms with van der Waals surface area (Å²) in [7, 11) is -4.61. The maximum absolute atomic E-state index is 12.1. The van der Waals surface area contributed by atoms with Gasteiger partial charge in [-0.2, -0.15) is 23.4 Å². The second kappa shape index (κ2) is 8.77. The molecule has 2 aromatic carbocycles. The fourth-order valence-electron chi connectivity index (χ4n) is 2.77. The van der Waals surface area contributed by atoms with Crippen LogP contribution in [0, 0.1) is 0 Å². The Morgan fingerprint density at radius 2 is 1.31 bits per heavy atom. The van der Waals surface area contributed by atoms with Crippen LogP contribution in [0.1, 0.15) is 0 Å². The van der Waals surface area contributed by atoms with E-state index in [4.69, 9.17) is 46.4 Å². The van der Waals surface area contributed by atoms with Gasteiger partial charge >= 0.3 is 0 Å². The van der Waals surface area contributed by atoms with Crippen LogP contribution >= 0.6 is 46.4 Å². The Kier molecular flexibility index (Phi) is 6.21. The van der Waals surface area contributed by atoms with Gasteiger partial charge in [-0.05, 0) is 52.9 Å². The van der Waals surface area contributed by atoms with Crippen molar-refractivity contribution < 1.29 is 13.0 Å². The van der Waals surface area contributed by atoms with E-state index in [1.54, 1.807) is 18.2 Å². The highest BCUT2D eigenvalue weighted by Crippen LogP contribution is 2.32. The lowest BCUT2D eigenvalue weighted by Gasteiger charge is -2.12. The maximum atomic E-state index is 12.1. The Morgan fingerprint density at radius 3 is 1.94 bits per heavy atom. The lowest BCUT2D eigenvalue weighted by Crippen LogP contribution is -2.04. The topological polar surface area (TPSA) is 143 Å². The van der Waals surface area contributed by atoms with Gasteiger partial charge < -0.3 is 10.6 Å². The first-order valence-electron chi connectivity index (χ1n) is 8.43. The van der Waals surface area contributed by atoms with E-state index < -0.39 is 10.1 Å². The summed E-state index contributed by atoms with van der Waals surface area (Å²) in [6, 6.07) is 8.96. The summed E-state index contributed by atoms with van der Waals surface area (Å²) >= 11 is 23.3. The van der Waals surface area contributed by atoms with Crippen molar-refractivity contribution in [2.45, 2.75) is 4.90 Å². The van der Waals surface area contributed by atoms with E-state index >= 15 is 0 Å². The number of hydrogen-bond acceptors (Lipinski definition) is 9. The SMILES string of the molecule is O=S(=O)(O)c1cc(Nc2nc(Cl)nc(Cl)n2)cc2ccc(Nc3nc(Cl)cc(Cl)n3)cc12. The molecule has 4 rings (SSSR count). The van der Waals surface area contributed by atoms with Crippen molar-refractivity contribution in [3.05, 3.63) is 57.3 Å². The van der Waals surface area contributed by atoms with Gasteiger partial charge in [0.2, 0.25) is 22.5 Å². The van der Waals surface area contributed by atoms with Gasteiger partial charge in [0, 0.05) is 22.8 Å². The molecule has 10 nitrogen and oxygen atoms in total. The number of benzene rings is 2. The van der Waals surface area contributed by atoms with Crippen LogP contribution < -0.4 is 10.6 Å². The van der Waals surface area contributed by atoms with Crippen molar-refractivity contribution in [2.24, 2.45) is 0 Å². The van der Waals surface area contributed by atoms with Crippen molar-refractivity contribution in [3.63, 3.8) is 0 Å². The van der Waals surface area contributed by atoms with Gasteiger partial charge in [-0.1, -0.05) is 29.3 Å². The van der Waals surface area contributed by atoms with E-state index in [1.165, 1.54) is 18.2 Å². The molecule has 0 saturated heterocycles. The third kappa shape index (κ3) is 5.26. The first kappa shape index (κ1) is 22.6. The van der Waals surface area contributed by atoms with Crippen LogP contribution in [0.3, 0.4) is 0 Å². The van der Waals surface area contributed by atoms with Crippen molar-refractivity contribution in [1.29, 1.82) is 0 Å². The second-order valence-corrected chi connectivity index (χ2v) is 9.01. The highest BCUT2D eigenvalue weighted by atomic mass is 35.5. The van der Waals surface area contributed by atoms with Crippen molar-refractivity contribution in [3.8, 4) is 0 Å². The molecular weight excluding hydrogens is 524 g/mol. The number of fused-ring (bicyclic) bond motifs is 1. The highest BCUT2D eigenvalue weighted by molar-refractivity contribution is 7.86. The first-order valence-corrected chi connectivity index (χ1v) is 11.4. The molecule has 15 heteroatoms. The van der Waals surface area contributed by atoms with Crippen molar-refractivity contribution in [2.75, 3.05) is 10.6 Å². The molecule has 164 valence electrons. The smallest absolute Gasteiger partial charge is 0.295 e. The number of nitrogens with zero attached hydrogens (tertiary/aromatic N) is 5. The third-order valence-corrected chi connectivity index (χ3v) is 5.57. The van der Waals surface area contributed by atoms with E-state index in [0.717, 1.165) is 0 Å². The minimum absolute atomic E-state index is 0.0103. The Morgan fingerprint density at radius 1 is 0.719 bits per heavy atom. The van der Waals surface area contributed by atoms with Crippen molar-refractivity contribution in [1.82, 2.24) is 24.9 Å². The fraction of sp³-hybridized carbons (Fsp3) is 0. The summed E-state index contributed by atoms with van der Waals surface area (Å²) in [5.41, 5.74) is 0.687. The number of hydrogen-bond donors (Lipinski definition) is 3. The molecular formula is C17H9Cl4N7O3S. The van der Waals surface area contributed by atoms with Gasteiger partial charge in [0.1, 0.15) is 15.2 Å². The van der Waals surface area contributed by atoms with Gasteiger partial charge in [0.25, 0.3) is 10.1 Å². The van der Waals surface area contributed by atoms with Gasteiger partial charge in [0.15, 0.2) is 0 Å². The Labute approximate surface area is 200 Å². The molecule has 4 aromatic rings. The normalized spacial score (nSPS) is 11.5. The minimum atomic E-state index is -4.61. The molecule has 0 radical (unpaired) electrons. The Hall–Kier alpha value is -2.54. The zero-order chi connectivity index (χ0) is 23.0. The minimum Gasteiger partial charge on any atom is -0.324 e. The predicted octanol–water partition coefficient (Wildman–Crippen LogP) is 5.16. The molecule has 0 saturated carbocycles. The van der Waals surface area contributed by atoms with Crippen LogP contribution in [0.5, 0.6) is 0 Å². The molecule has 0 fully saturated rings. The van der Waals surface area contributed by atoms with E-state index in [2.05, 4.69) is 35.6 Å². The molecule has 0 spiro atoms. The predicted molar refractivity (Wildman–Crippen MR) is 122 cm³/mol. The molecule has 0 aliphatic carbocycles.